The summed E-state index contributed by atoms with van der Waals surface area (Å²) in [6, 6.07) is 15.4. The number of methoxy groups -OCH3 is 1. The molecule has 28 heavy (non-hydrogen) atoms. The van der Waals surface area contributed by atoms with Gasteiger partial charge in [0.05, 0.1) is 26.6 Å². The first-order chi connectivity index (χ1) is 13.8. The maximum atomic E-state index is 5.68. The van der Waals surface area contributed by atoms with Crippen molar-refractivity contribution in [2.45, 2.75) is 12.6 Å². The predicted octanol–water partition coefficient (Wildman–Crippen LogP) is 3.62. The molecule has 2 saturated heterocycles. The Hall–Kier alpha value is -2.34. The number of hydrogen-bond donors (Lipinski definition) is 0. The average molecular weight is 378 g/mol. The molecule has 5 rings (SSSR count). The van der Waals surface area contributed by atoms with Gasteiger partial charge in [-0.25, -0.2) is 0 Å². The summed E-state index contributed by atoms with van der Waals surface area (Å²) in [7, 11) is 1.73. The highest BCUT2D eigenvalue weighted by molar-refractivity contribution is 5.85. The number of furan rings is 1. The number of morpholine rings is 1. The molecule has 2 aromatic carbocycles. The lowest BCUT2D eigenvalue weighted by atomic mass is 10.00. The Labute approximate surface area is 165 Å². The van der Waals surface area contributed by atoms with Crippen LogP contribution in [0.15, 0.2) is 53.1 Å². The molecule has 5 heteroatoms. The number of nitrogens with zero attached hydrogens (tertiary/aromatic N) is 2. The van der Waals surface area contributed by atoms with Crippen LogP contribution in [0.5, 0.6) is 5.75 Å². The van der Waals surface area contributed by atoms with Crippen LogP contribution in [0.1, 0.15) is 5.56 Å². The van der Waals surface area contributed by atoms with E-state index < -0.39 is 0 Å². The summed E-state index contributed by atoms with van der Waals surface area (Å²) in [6.45, 7) is 7.07. The Balaban J connectivity index is 1.39. The van der Waals surface area contributed by atoms with E-state index in [-0.39, 0.29) is 0 Å². The number of rotatable bonds is 4. The standard InChI is InChI=1S/C23H26N2O3/c1-26-23-4-2-17(14-24-7-8-25-9-11-27-16-20(25)15-24)12-21(23)18-3-5-22-19(13-18)6-10-28-22/h2-6,10,12-13,20H,7-9,11,14-16H2,1H3. The lowest BCUT2D eigenvalue weighted by Gasteiger charge is -2.43. The van der Waals surface area contributed by atoms with Crippen molar-refractivity contribution < 1.29 is 13.9 Å². The lowest BCUT2D eigenvalue weighted by Crippen LogP contribution is -2.57. The quantitative estimate of drug-likeness (QED) is 0.693. The second-order valence-electron chi connectivity index (χ2n) is 7.71. The Morgan fingerprint density at radius 1 is 1.07 bits per heavy atom. The van der Waals surface area contributed by atoms with E-state index >= 15 is 0 Å². The minimum Gasteiger partial charge on any atom is -0.496 e. The van der Waals surface area contributed by atoms with E-state index in [0.29, 0.717) is 6.04 Å². The molecule has 2 aliphatic heterocycles. The summed E-state index contributed by atoms with van der Waals surface area (Å²) in [5.74, 6) is 0.900. The molecule has 0 amide bonds. The van der Waals surface area contributed by atoms with E-state index in [0.717, 1.165) is 73.8 Å². The van der Waals surface area contributed by atoms with Crippen LogP contribution in [0.3, 0.4) is 0 Å². The lowest BCUT2D eigenvalue weighted by molar-refractivity contribution is -0.0461. The highest BCUT2D eigenvalue weighted by Gasteiger charge is 2.29. The van der Waals surface area contributed by atoms with Gasteiger partial charge in [-0.3, -0.25) is 9.80 Å². The SMILES string of the molecule is COc1ccc(CN2CCN3CCOCC3C2)cc1-c1ccc2occc2c1. The van der Waals surface area contributed by atoms with Gasteiger partial charge in [0, 0.05) is 49.7 Å². The number of benzene rings is 2. The van der Waals surface area contributed by atoms with Crippen molar-refractivity contribution in [3.05, 3.63) is 54.3 Å². The van der Waals surface area contributed by atoms with Crippen LogP contribution in [0.4, 0.5) is 0 Å². The van der Waals surface area contributed by atoms with Crippen LogP contribution in [0.25, 0.3) is 22.1 Å². The summed E-state index contributed by atoms with van der Waals surface area (Å²) in [4.78, 5) is 5.11. The molecule has 0 N–H and O–H groups in total. The van der Waals surface area contributed by atoms with Gasteiger partial charge in [0.15, 0.2) is 0 Å². The molecule has 1 unspecified atom stereocenters. The summed E-state index contributed by atoms with van der Waals surface area (Å²) >= 11 is 0. The van der Waals surface area contributed by atoms with Crippen LogP contribution in [0.2, 0.25) is 0 Å². The van der Waals surface area contributed by atoms with E-state index in [4.69, 9.17) is 13.9 Å². The Morgan fingerprint density at radius 2 is 2.04 bits per heavy atom. The highest BCUT2D eigenvalue weighted by atomic mass is 16.5. The second-order valence-corrected chi connectivity index (χ2v) is 7.71. The fraction of sp³-hybridized carbons (Fsp3) is 0.391. The van der Waals surface area contributed by atoms with Crippen LogP contribution in [-0.4, -0.2) is 62.3 Å². The molecule has 1 atom stereocenters. The van der Waals surface area contributed by atoms with Crippen molar-refractivity contribution in [1.29, 1.82) is 0 Å². The first kappa shape index (κ1) is 17.7. The normalized spacial score (nSPS) is 21.0. The predicted molar refractivity (Wildman–Crippen MR) is 110 cm³/mol. The van der Waals surface area contributed by atoms with Crippen LogP contribution in [0, 0.1) is 0 Å². The molecule has 1 aromatic heterocycles. The van der Waals surface area contributed by atoms with Crippen LogP contribution in [-0.2, 0) is 11.3 Å². The van der Waals surface area contributed by atoms with E-state index in [2.05, 4.69) is 40.1 Å². The largest absolute Gasteiger partial charge is 0.496 e. The molecule has 2 fully saturated rings. The summed E-state index contributed by atoms with van der Waals surface area (Å²) < 4.78 is 16.8. The third kappa shape index (κ3) is 3.41. The van der Waals surface area contributed by atoms with Gasteiger partial charge in [-0.1, -0.05) is 12.1 Å². The van der Waals surface area contributed by atoms with Crippen molar-refractivity contribution in [3.63, 3.8) is 0 Å². The van der Waals surface area contributed by atoms with Gasteiger partial charge in [-0.05, 0) is 41.5 Å². The maximum absolute atomic E-state index is 5.68. The van der Waals surface area contributed by atoms with Crippen molar-refractivity contribution >= 4 is 11.0 Å². The number of ether oxygens (including phenoxy) is 2. The Bertz CT molecular complexity index is 967. The zero-order chi connectivity index (χ0) is 18.9. The van der Waals surface area contributed by atoms with Gasteiger partial charge in [0.1, 0.15) is 11.3 Å². The van der Waals surface area contributed by atoms with Crippen molar-refractivity contribution in [3.8, 4) is 16.9 Å². The van der Waals surface area contributed by atoms with Gasteiger partial charge in [0.25, 0.3) is 0 Å². The summed E-state index contributed by atoms with van der Waals surface area (Å²) in [5, 5.41) is 1.11. The minimum atomic E-state index is 0.531. The van der Waals surface area contributed by atoms with Gasteiger partial charge in [0.2, 0.25) is 0 Å². The van der Waals surface area contributed by atoms with Crippen molar-refractivity contribution in [1.82, 2.24) is 9.80 Å². The summed E-state index contributed by atoms with van der Waals surface area (Å²) in [5.41, 5.74) is 4.50. The highest BCUT2D eigenvalue weighted by Crippen LogP contribution is 2.33. The fourth-order valence-corrected chi connectivity index (χ4v) is 4.43. The Morgan fingerprint density at radius 3 is 2.96 bits per heavy atom. The number of piperazine rings is 1. The van der Waals surface area contributed by atoms with Gasteiger partial charge in [-0.2, -0.15) is 0 Å². The fourth-order valence-electron chi connectivity index (χ4n) is 4.43. The average Bonchev–Trinajstić information content (AvgIpc) is 3.21. The topological polar surface area (TPSA) is 38.1 Å². The molecular formula is C23H26N2O3. The molecular weight excluding hydrogens is 352 g/mol. The van der Waals surface area contributed by atoms with E-state index in [1.165, 1.54) is 5.56 Å². The van der Waals surface area contributed by atoms with E-state index in [9.17, 15) is 0 Å². The molecule has 0 spiro atoms. The third-order valence-electron chi connectivity index (χ3n) is 5.96. The van der Waals surface area contributed by atoms with Gasteiger partial charge in [-0.15, -0.1) is 0 Å². The first-order valence-electron chi connectivity index (χ1n) is 9.99. The minimum absolute atomic E-state index is 0.531. The molecule has 5 nitrogen and oxygen atoms in total. The zero-order valence-corrected chi connectivity index (χ0v) is 16.3. The van der Waals surface area contributed by atoms with Gasteiger partial charge >= 0.3 is 0 Å². The van der Waals surface area contributed by atoms with E-state index in [1.54, 1.807) is 13.4 Å². The number of fused-ring (bicyclic) bond motifs is 2. The third-order valence-corrected chi connectivity index (χ3v) is 5.96. The molecule has 0 radical (unpaired) electrons. The molecule has 0 saturated carbocycles. The monoisotopic (exact) mass is 378 g/mol. The maximum Gasteiger partial charge on any atom is 0.133 e. The van der Waals surface area contributed by atoms with Gasteiger partial charge < -0.3 is 13.9 Å². The Kier molecular flexibility index (Phi) is 4.81. The molecule has 0 aliphatic carbocycles. The smallest absolute Gasteiger partial charge is 0.133 e. The zero-order valence-electron chi connectivity index (χ0n) is 16.3. The van der Waals surface area contributed by atoms with Crippen LogP contribution >= 0.6 is 0 Å². The van der Waals surface area contributed by atoms with Crippen molar-refractivity contribution in [2.75, 3.05) is 46.5 Å². The van der Waals surface area contributed by atoms with Crippen LogP contribution < -0.4 is 4.74 Å². The first-order valence-corrected chi connectivity index (χ1v) is 9.99. The van der Waals surface area contributed by atoms with Crippen molar-refractivity contribution in [2.24, 2.45) is 0 Å². The van der Waals surface area contributed by atoms with E-state index in [1.807, 2.05) is 12.1 Å². The summed E-state index contributed by atoms with van der Waals surface area (Å²) in [6.07, 6.45) is 1.73. The number of hydrogen-bond acceptors (Lipinski definition) is 5. The molecule has 146 valence electrons. The molecule has 3 aromatic rings. The molecule has 2 aliphatic rings. The molecule has 3 heterocycles. The molecule has 0 bridgehead atoms. The second kappa shape index (κ2) is 7.59.